The van der Waals surface area contributed by atoms with Crippen molar-refractivity contribution in [1.29, 1.82) is 0 Å². The third kappa shape index (κ3) is 4.30. The second-order valence-electron chi connectivity index (χ2n) is 8.64. The number of ketones is 1. The van der Waals surface area contributed by atoms with Gasteiger partial charge in [-0.1, -0.05) is 54.6 Å². The second-order valence-corrected chi connectivity index (χ2v) is 9.67. The van der Waals surface area contributed by atoms with E-state index in [-0.39, 0.29) is 17.9 Å². The summed E-state index contributed by atoms with van der Waals surface area (Å²) in [6.45, 7) is 0.242. The van der Waals surface area contributed by atoms with Crippen molar-refractivity contribution in [2.45, 2.75) is 12.6 Å². The predicted molar refractivity (Wildman–Crippen MR) is 141 cm³/mol. The van der Waals surface area contributed by atoms with Crippen molar-refractivity contribution >= 4 is 34.0 Å². The van der Waals surface area contributed by atoms with Crippen LogP contribution in [0.3, 0.4) is 0 Å². The molecule has 0 fully saturated rings. The number of amides is 1. The number of nitrogens with zero attached hydrogens (tertiary/aromatic N) is 1. The first-order chi connectivity index (χ1) is 18.1. The molecule has 1 amide bonds. The molecule has 182 valence electrons. The van der Waals surface area contributed by atoms with E-state index in [1.807, 2.05) is 72.1 Å². The first kappa shape index (κ1) is 22.8. The first-order valence-electron chi connectivity index (χ1n) is 11.7. The number of rotatable bonds is 7. The molecule has 1 unspecified atom stereocenters. The summed E-state index contributed by atoms with van der Waals surface area (Å²) in [4.78, 5) is 29.5. The molecule has 2 aromatic heterocycles. The molecular formula is C30H21NO5S. The fraction of sp³-hybridized carbons (Fsp3) is 0.0667. The Bertz CT molecular complexity index is 1600. The van der Waals surface area contributed by atoms with Gasteiger partial charge in [-0.2, -0.15) is 0 Å². The lowest BCUT2D eigenvalue weighted by Gasteiger charge is -2.26. The molecule has 1 atom stereocenters. The third-order valence-electron chi connectivity index (χ3n) is 6.26. The maximum Gasteiger partial charge on any atom is 0.290 e. The smallest absolute Gasteiger partial charge is 0.290 e. The molecule has 7 heteroatoms. The van der Waals surface area contributed by atoms with Crippen LogP contribution in [0.5, 0.6) is 11.5 Å². The molecule has 0 saturated carbocycles. The molecule has 1 N–H and O–H groups in total. The standard InChI is InChI=1S/C30H21NO5S/c32-28(25-17-19-8-4-5-14-24(19)36-25)26-27(31(30(34)29(26)33)18-23-13-7-15-37-23)20-9-6-12-22(16-20)35-21-10-2-1-3-11-21/h1-17,27,33H,18H2. The van der Waals surface area contributed by atoms with Gasteiger partial charge in [0.25, 0.3) is 5.91 Å². The summed E-state index contributed by atoms with van der Waals surface area (Å²) >= 11 is 1.50. The Kier molecular flexibility index (Phi) is 5.82. The van der Waals surface area contributed by atoms with Crippen molar-refractivity contribution < 1.29 is 23.8 Å². The van der Waals surface area contributed by atoms with E-state index in [2.05, 4.69) is 0 Å². The Labute approximate surface area is 216 Å². The highest BCUT2D eigenvalue weighted by Crippen LogP contribution is 2.42. The average molecular weight is 508 g/mol. The molecule has 1 aliphatic rings. The first-order valence-corrected chi connectivity index (χ1v) is 12.6. The Morgan fingerprint density at radius 3 is 2.49 bits per heavy atom. The highest BCUT2D eigenvalue weighted by molar-refractivity contribution is 7.09. The average Bonchev–Trinajstić information content (AvgIpc) is 3.65. The van der Waals surface area contributed by atoms with Crippen LogP contribution < -0.4 is 4.74 Å². The molecule has 6 rings (SSSR count). The van der Waals surface area contributed by atoms with Gasteiger partial charge < -0.3 is 19.2 Å². The van der Waals surface area contributed by atoms with Crippen LogP contribution in [-0.4, -0.2) is 21.7 Å². The Balaban J connectivity index is 1.42. The molecule has 0 bridgehead atoms. The summed E-state index contributed by atoms with van der Waals surface area (Å²) in [6, 6.07) is 28.5. The number of fused-ring (bicyclic) bond motifs is 1. The summed E-state index contributed by atoms with van der Waals surface area (Å²) in [6.07, 6.45) is 0. The van der Waals surface area contributed by atoms with Gasteiger partial charge in [0.1, 0.15) is 17.1 Å². The lowest BCUT2D eigenvalue weighted by atomic mass is 9.94. The van der Waals surface area contributed by atoms with Crippen molar-refractivity contribution in [1.82, 2.24) is 4.90 Å². The van der Waals surface area contributed by atoms with Crippen LogP contribution in [0.25, 0.3) is 11.0 Å². The second kappa shape index (κ2) is 9.44. The summed E-state index contributed by atoms with van der Waals surface area (Å²) in [5, 5.41) is 13.7. The van der Waals surface area contributed by atoms with Crippen LogP contribution >= 0.6 is 11.3 Å². The van der Waals surface area contributed by atoms with Crippen LogP contribution in [0.4, 0.5) is 0 Å². The van der Waals surface area contributed by atoms with E-state index >= 15 is 0 Å². The van der Waals surface area contributed by atoms with Crippen molar-refractivity contribution in [3.8, 4) is 11.5 Å². The number of carbonyl (C=O) groups excluding carboxylic acids is 2. The van der Waals surface area contributed by atoms with Gasteiger partial charge in [-0.05, 0) is 53.4 Å². The fourth-order valence-corrected chi connectivity index (χ4v) is 5.27. The van der Waals surface area contributed by atoms with Crippen LogP contribution in [0.15, 0.2) is 118 Å². The summed E-state index contributed by atoms with van der Waals surface area (Å²) in [5.41, 5.74) is 1.18. The predicted octanol–water partition coefficient (Wildman–Crippen LogP) is 7.07. The van der Waals surface area contributed by atoms with Gasteiger partial charge in [-0.25, -0.2) is 0 Å². The lowest BCUT2D eigenvalue weighted by molar-refractivity contribution is -0.130. The van der Waals surface area contributed by atoms with E-state index in [4.69, 9.17) is 9.15 Å². The molecular weight excluding hydrogens is 486 g/mol. The summed E-state index contributed by atoms with van der Waals surface area (Å²) < 4.78 is 11.8. The number of ether oxygens (including phenoxy) is 1. The Morgan fingerprint density at radius 1 is 0.919 bits per heavy atom. The van der Waals surface area contributed by atoms with Crippen molar-refractivity contribution in [3.63, 3.8) is 0 Å². The minimum absolute atomic E-state index is 0.0162. The zero-order valence-electron chi connectivity index (χ0n) is 19.5. The van der Waals surface area contributed by atoms with E-state index in [9.17, 15) is 14.7 Å². The van der Waals surface area contributed by atoms with Gasteiger partial charge in [0.2, 0.25) is 5.78 Å². The Hall–Kier alpha value is -4.62. The quantitative estimate of drug-likeness (QED) is 0.239. The van der Waals surface area contributed by atoms with Gasteiger partial charge >= 0.3 is 0 Å². The summed E-state index contributed by atoms with van der Waals surface area (Å²) in [7, 11) is 0. The number of Topliss-reactive ketones (excluding diaryl/α,β-unsaturated/α-hetero) is 1. The number of furan rings is 1. The van der Waals surface area contributed by atoms with E-state index in [0.717, 1.165) is 10.3 Å². The maximum atomic E-state index is 13.8. The van der Waals surface area contributed by atoms with Crippen LogP contribution in [0.1, 0.15) is 27.0 Å². The number of carbonyl (C=O) groups is 2. The molecule has 0 radical (unpaired) electrons. The van der Waals surface area contributed by atoms with E-state index in [1.165, 1.54) is 16.2 Å². The Morgan fingerprint density at radius 2 is 1.70 bits per heavy atom. The highest BCUT2D eigenvalue weighted by atomic mass is 32.1. The molecule has 0 aliphatic carbocycles. The van der Waals surface area contributed by atoms with Crippen molar-refractivity contribution in [2.24, 2.45) is 0 Å². The van der Waals surface area contributed by atoms with Gasteiger partial charge in [0.05, 0.1) is 18.2 Å². The largest absolute Gasteiger partial charge is 0.503 e. The van der Waals surface area contributed by atoms with Gasteiger partial charge in [0.15, 0.2) is 11.5 Å². The summed E-state index contributed by atoms with van der Waals surface area (Å²) in [5.74, 6) is -0.428. The topological polar surface area (TPSA) is 80.0 Å². The number of para-hydroxylation sites is 2. The van der Waals surface area contributed by atoms with Crippen LogP contribution in [0.2, 0.25) is 0 Å². The van der Waals surface area contributed by atoms with Crippen molar-refractivity contribution in [3.05, 3.63) is 130 Å². The van der Waals surface area contributed by atoms with Crippen LogP contribution in [-0.2, 0) is 11.3 Å². The molecule has 0 saturated heterocycles. The highest BCUT2D eigenvalue weighted by Gasteiger charge is 2.44. The normalized spacial score (nSPS) is 15.5. The van der Waals surface area contributed by atoms with Crippen molar-refractivity contribution in [2.75, 3.05) is 0 Å². The van der Waals surface area contributed by atoms with E-state index in [0.29, 0.717) is 22.6 Å². The van der Waals surface area contributed by atoms with E-state index < -0.39 is 23.5 Å². The van der Waals surface area contributed by atoms with E-state index in [1.54, 1.807) is 30.3 Å². The molecule has 0 spiro atoms. The number of benzene rings is 3. The number of aliphatic hydroxyl groups excluding tert-OH is 1. The molecule has 37 heavy (non-hydrogen) atoms. The number of hydrogen-bond donors (Lipinski definition) is 1. The minimum atomic E-state index is -0.824. The van der Waals surface area contributed by atoms with Gasteiger partial charge in [-0.3, -0.25) is 9.59 Å². The zero-order valence-corrected chi connectivity index (χ0v) is 20.4. The number of thiophene rings is 1. The fourth-order valence-electron chi connectivity index (χ4n) is 4.56. The molecule has 5 aromatic rings. The lowest BCUT2D eigenvalue weighted by Crippen LogP contribution is -2.30. The number of aliphatic hydroxyl groups is 1. The SMILES string of the molecule is O=C(C1=C(O)C(=O)N(Cc2cccs2)C1c1cccc(Oc2ccccc2)c1)c1cc2ccccc2o1. The third-order valence-corrected chi connectivity index (χ3v) is 7.12. The minimum Gasteiger partial charge on any atom is -0.503 e. The molecule has 3 aromatic carbocycles. The zero-order chi connectivity index (χ0) is 25.4. The molecule has 3 heterocycles. The molecule has 6 nitrogen and oxygen atoms in total. The monoisotopic (exact) mass is 507 g/mol. The maximum absolute atomic E-state index is 13.8. The van der Waals surface area contributed by atoms with Crippen LogP contribution in [0, 0.1) is 0 Å². The number of hydrogen-bond acceptors (Lipinski definition) is 6. The molecule has 1 aliphatic heterocycles. The van der Waals surface area contributed by atoms with Gasteiger partial charge in [0, 0.05) is 10.3 Å². The van der Waals surface area contributed by atoms with Gasteiger partial charge in [-0.15, -0.1) is 11.3 Å².